The van der Waals surface area contributed by atoms with Gasteiger partial charge in [0.1, 0.15) is 6.04 Å². The van der Waals surface area contributed by atoms with Crippen LogP contribution in [0.25, 0.3) is 0 Å². The van der Waals surface area contributed by atoms with Gasteiger partial charge in [0.2, 0.25) is 18.0 Å². The lowest BCUT2D eigenvalue weighted by Gasteiger charge is -2.19. The Hall–Kier alpha value is -4.12. The number of carbonyl (C=O) groups is 2. The van der Waals surface area contributed by atoms with E-state index in [1.54, 1.807) is 6.92 Å². The number of ether oxygens (including phenoxy) is 1. The molecule has 0 saturated carbocycles. The SMILES string of the molecule is CCC(C(=O)NCC(=O)CSCc1ccccc1)n1ccnc(NCC2NN=C(c3ccccc3)O2)c1=O. The molecule has 10 nitrogen and oxygen atoms in total. The minimum atomic E-state index is -0.773. The van der Waals surface area contributed by atoms with E-state index in [0.29, 0.717) is 18.1 Å². The minimum Gasteiger partial charge on any atom is -0.449 e. The van der Waals surface area contributed by atoms with Crippen LogP contribution < -0.4 is 21.6 Å². The molecule has 3 aromatic rings. The highest BCUT2D eigenvalue weighted by atomic mass is 32.2. The molecule has 0 bridgehead atoms. The third-order valence-electron chi connectivity index (χ3n) is 5.77. The summed E-state index contributed by atoms with van der Waals surface area (Å²) >= 11 is 1.50. The van der Waals surface area contributed by atoms with Crippen molar-refractivity contribution in [1.82, 2.24) is 20.3 Å². The van der Waals surface area contributed by atoms with E-state index < -0.39 is 23.7 Å². The minimum absolute atomic E-state index is 0.0836. The zero-order valence-electron chi connectivity index (χ0n) is 21.0. The van der Waals surface area contributed by atoms with Crippen molar-refractivity contribution < 1.29 is 14.3 Å². The second kappa shape index (κ2) is 13.4. The molecule has 0 fully saturated rings. The zero-order chi connectivity index (χ0) is 26.7. The summed E-state index contributed by atoms with van der Waals surface area (Å²) in [6.45, 7) is 1.95. The molecule has 38 heavy (non-hydrogen) atoms. The third kappa shape index (κ3) is 7.22. The average Bonchev–Trinajstić information content (AvgIpc) is 3.43. The lowest BCUT2D eigenvalue weighted by atomic mass is 10.2. The first-order valence-electron chi connectivity index (χ1n) is 12.3. The van der Waals surface area contributed by atoms with Crippen LogP contribution in [0.15, 0.2) is 83.0 Å². The van der Waals surface area contributed by atoms with Crippen molar-refractivity contribution in [2.75, 3.05) is 24.2 Å². The van der Waals surface area contributed by atoms with Crippen molar-refractivity contribution in [3.63, 3.8) is 0 Å². The number of rotatable bonds is 13. The van der Waals surface area contributed by atoms with Gasteiger partial charge in [-0.15, -0.1) is 16.9 Å². The first-order valence-corrected chi connectivity index (χ1v) is 13.5. The van der Waals surface area contributed by atoms with Crippen LogP contribution in [0.2, 0.25) is 0 Å². The maximum atomic E-state index is 13.1. The van der Waals surface area contributed by atoms with Gasteiger partial charge in [-0.1, -0.05) is 55.5 Å². The Balaban J connectivity index is 1.27. The Labute approximate surface area is 224 Å². The summed E-state index contributed by atoms with van der Waals surface area (Å²) in [6, 6.07) is 18.6. The van der Waals surface area contributed by atoms with Gasteiger partial charge in [-0.2, -0.15) is 0 Å². The largest absolute Gasteiger partial charge is 0.449 e. The number of amides is 1. The molecule has 3 N–H and O–H groups in total. The molecule has 2 aromatic carbocycles. The summed E-state index contributed by atoms with van der Waals surface area (Å²) in [4.78, 5) is 42.3. The number of carbonyl (C=O) groups excluding carboxylic acids is 2. The monoisotopic (exact) mass is 534 g/mol. The first kappa shape index (κ1) is 26.9. The molecular formula is C27H30N6O4S. The molecule has 1 aliphatic rings. The van der Waals surface area contributed by atoms with Gasteiger partial charge in [-0.25, -0.2) is 4.98 Å². The summed E-state index contributed by atoms with van der Waals surface area (Å²) in [5.74, 6) is 1.09. The van der Waals surface area contributed by atoms with Gasteiger partial charge in [-0.05, 0) is 24.1 Å². The lowest BCUT2D eigenvalue weighted by Crippen LogP contribution is -2.40. The highest BCUT2D eigenvalue weighted by Gasteiger charge is 2.23. The number of aromatic nitrogens is 2. The standard InChI is InChI=1S/C27H30N6O4S/c1-2-22(25(35)30-15-21(34)18-38-17-19-9-5-3-6-10-19)33-14-13-28-24(27(33)36)29-16-23-31-32-26(37-23)20-11-7-4-8-12-20/h3-14,22-23,31H,2,15-18H2,1H3,(H,28,29)(H,30,35). The van der Waals surface area contributed by atoms with Gasteiger partial charge in [0.25, 0.3) is 5.56 Å². The molecule has 2 atom stereocenters. The normalized spacial score (nSPS) is 15.1. The van der Waals surface area contributed by atoms with Crippen molar-refractivity contribution in [3.8, 4) is 0 Å². The fourth-order valence-electron chi connectivity index (χ4n) is 3.82. The van der Waals surface area contributed by atoms with Crippen molar-refractivity contribution in [2.45, 2.75) is 31.4 Å². The van der Waals surface area contributed by atoms with Crippen molar-refractivity contribution in [3.05, 3.63) is 94.5 Å². The Bertz CT molecular complexity index is 1320. The molecule has 198 valence electrons. The Kier molecular flexibility index (Phi) is 9.52. The molecule has 0 aliphatic carbocycles. The van der Waals surface area contributed by atoms with Gasteiger partial charge < -0.3 is 15.4 Å². The number of nitrogens with zero attached hydrogens (tertiary/aromatic N) is 3. The molecule has 1 aliphatic heterocycles. The van der Waals surface area contributed by atoms with Crippen LogP contribution >= 0.6 is 11.8 Å². The number of hydrogen-bond acceptors (Lipinski definition) is 9. The zero-order valence-corrected chi connectivity index (χ0v) is 21.8. The average molecular weight is 535 g/mol. The van der Waals surface area contributed by atoms with Crippen LogP contribution in [0.5, 0.6) is 0 Å². The van der Waals surface area contributed by atoms with Crippen LogP contribution in [0.4, 0.5) is 5.82 Å². The number of hydrazone groups is 1. The first-order chi connectivity index (χ1) is 18.5. The molecule has 0 radical (unpaired) electrons. The smallest absolute Gasteiger partial charge is 0.294 e. The van der Waals surface area contributed by atoms with Crippen LogP contribution in [0, 0.1) is 0 Å². The fourth-order valence-corrected chi connectivity index (χ4v) is 4.68. The van der Waals surface area contributed by atoms with Crippen LogP contribution in [-0.2, 0) is 20.1 Å². The quantitative estimate of drug-likeness (QED) is 0.305. The number of thioether (sulfide) groups is 1. The van der Waals surface area contributed by atoms with E-state index in [2.05, 4.69) is 26.1 Å². The molecule has 2 heterocycles. The maximum absolute atomic E-state index is 13.1. The van der Waals surface area contributed by atoms with E-state index in [1.165, 1.54) is 28.7 Å². The van der Waals surface area contributed by atoms with E-state index in [0.717, 1.165) is 16.9 Å². The predicted molar refractivity (Wildman–Crippen MR) is 148 cm³/mol. The van der Waals surface area contributed by atoms with Crippen LogP contribution in [-0.4, -0.2) is 52.2 Å². The lowest BCUT2D eigenvalue weighted by molar-refractivity contribution is -0.127. The summed E-state index contributed by atoms with van der Waals surface area (Å²) in [5.41, 5.74) is 4.42. The molecule has 1 aromatic heterocycles. The third-order valence-corrected chi connectivity index (χ3v) is 6.83. The summed E-state index contributed by atoms with van der Waals surface area (Å²) < 4.78 is 7.12. The predicted octanol–water partition coefficient (Wildman–Crippen LogP) is 2.53. The number of hydrogen-bond donors (Lipinski definition) is 3. The molecule has 1 amide bonds. The second-order valence-electron chi connectivity index (χ2n) is 8.55. The van der Waals surface area contributed by atoms with Crippen LogP contribution in [0.3, 0.4) is 0 Å². The van der Waals surface area contributed by atoms with E-state index >= 15 is 0 Å². The van der Waals surface area contributed by atoms with Crippen molar-refractivity contribution >= 4 is 35.2 Å². The fraction of sp³-hybridized carbons (Fsp3) is 0.296. The van der Waals surface area contributed by atoms with Gasteiger partial charge in [0, 0.05) is 23.7 Å². The van der Waals surface area contributed by atoms with Gasteiger partial charge >= 0.3 is 0 Å². The van der Waals surface area contributed by atoms with Crippen LogP contribution in [0.1, 0.15) is 30.5 Å². The van der Waals surface area contributed by atoms with Crippen molar-refractivity contribution in [1.29, 1.82) is 0 Å². The van der Waals surface area contributed by atoms with Crippen molar-refractivity contribution in [2.24, 2.45) is 5.10 Å². The van der Waals surface area contributed by atoms with Gasteiger partial charge in [-0.3, -0.25) is 24.4 Å². The molecule has 4 rings (SSSR count). The molecule has 2 unspecified atom stereocenters. The summed E-state index contributed by atoms with van der Waals surface area (Å²) in [7, 11) is 0. The highest BCUT2D eigenvalue weighted by molar-refractivity contribution is 7.99. The number of nitrogens with one attached hydrogen (secondary N) is 3. The molecule has 0 spiro atoms. The Morgan fingerprint density at radius 1 is 1.13 bits per heavy atom. The number of anilines is 1. The Morgan fingerprint density at radius 3 is 2.61 bits per heavy atom. The second-order valence-corrected chi connectivity index (χ2v) is 9.53. The number of Topliss-reactive ketones (excluding diaryl/α,β-unsaturated/α-hetero) is 1. The van der Waals surface area contributed by atoms with Gasteiger partial charge in [0.05, 0.1) is 18.8 Å². The van der Waals surface area contributed by atoms with E-state index in [-0.39, 0.29) is 24.7 Å². The van der Waals surface area contributed by atoms with E-state index in [1.807, 2.05) is 60.7 Å². The molecular weight excluding hydrogens is 504 g/mol. The molecule has 11 heteroatoms. The summed E-state index contributed by atoms with van der Waals surface area (Å²) in [6.07, 6.45) is 2.81. The van der Waals surface area contributed by atoms with E-state index in [9.17, 15) is 14.4 Å². The summed E-state index contributed by atoms with van der Waals surface area (Å²) in [5, 5.41) is 9.85. The van der Waals surface area contributed by atoms with Gasteiger partial charge in [0.15, 0.2) is 11.6 Å². The maximum Gasteiger partial charge on any atom is 0.294 e. The number of ketones is 1. The van der Waals surface area contributed by atoms with E-state index in [4.69, 9.17) is 4.74 Å². The number of benzene rings is 2. The molecule has 0 saturated heterocycles. The highest BCUT2D eigenvalue weighted by Crippen LogP contribution is 2.13. The topological polar surface area (TPSA) is 127 Å². The Morgan fingerprint density at radius 2 is 1.87 bits per heavy atom.